The zero-order valence-electron chi connectivity index (χ0n) is 11.0. The van der Waals surface area contributed by atoms with Gasteiger partial charge in [-0.25, -0.2) is 9.78 Å². The van der Waals surface area contributed by atoms with Crippen molar-refractivity contribution in [1.29, 1.82) is 0 Å². The summed E-state index contributed by atoms with van der Waals surface area (Å²) < 4.78 is 0.980. The molecule has 108 valence electrons. The lowest BCUT2D eigenvalue weighted by Gasteiger charge is -2.05. The SMILES string of the molecule is O=C(CCc1cccc(Br)c1)Nc1ccc(C(=O)O)nc1. The number of aromatic nitrogens is 1. The third-order valence-electron chi connectivity index (χ3n) is 2.80. The van der Waals surface area contributed by atoms with E-state index in [1.165, 1.54) is 18.3 Å². The van der Waals surface area contributed by atoms with Gasteiger partial charge < -0.3 is 10.4 Å². The molecular formula is C15H13BrN2O3. The summed E-state index contributed by atoms with van der Waals surface area (Å²) in [7, 11) is 0. The number of carboxylic acids is 1. The van der Waals surface area contributed by atoms with Crippen LogP contribution in [0.15, 0.2) is 47.1 Å². The highest BCUT2D eigenvalue weighted by Crippen LogP contribution is 2.13. The molecule has 1 aromatic heterocycles. The molecule has 1 heterocycles. The van der Waals surface area contributed by atoms with Crippen LogP contribution in [0.3, 0.4) is 0 Å². The van der Waals surface area contributed by atoms with Crippen LogP contribution < -0.4 is 5.32 Å². The van der Waals surface area contributed by atoms with Crippen LogP contribution in [-0.4, -0.2) is 22.0 Å². The molecule has 0 spiro atoms. The summed E-state index contributed by atoms with van der Waals surface area (Å²) in [5, 5.41) is 11.4. The van der Waals surface area contributed by atoms with Crippen molar-refractivity contribution in [3.63, 3.8) is 0 Å². The number of halogens is 1. The van der Waals surface area contributed by atoms with E-state index in [0.29, 0.717) is 18.5 Å². The minimum atomic E-state index is -1.09. The smallest absolute Gasteiger partial charge is 0.354 e. The van der Waals surface area contributed by atoms with Crippen LogP contribution in [0.1, 0.15) is 22.5 Å². The Kier molecular flexibility index (Phi) is 5.05. The molecule has 0 unspecified atom stereocenters. The van der Waals surface area contributed by atoms with Gasteiger partial charge in [-0.1, -0.05) is 28.1 Å². The van der Waals surface area contributed by atoms with E-state index in [1.807, 2.05) is 24.3 Å². The van der Waals surface area contributed by atoms with Crippen LogP contribution in [0.4, 0.5) is 5.69 Å². The molecule has 0 aliphatic heterocycles. The highest BCUT2D eigenvalue weighted by atomic mass is 79.9. The second kappa shape index (κ2) is 6.99. The predicted octanol–water partition coefficient (Wildman–Crippen LogP) is 3.11. The Labute approximate surface area is 130 Å². The molecule has 0 radical (unpaired) electrons. The van der Waals surface area contributed by atoms with Gasteiger partial charge >= 0.3 is 5.97 Å². The first kappa shape index (κ1) is 15.2. The summed E-state index contributed by atoms with van der Waals surface area (Å²) in [5.41, 5.74) is 1.50. The van der Waals surface area contributed by atoms with E-state index in [2.05, 4.69) is 26.2 Å². The number of carboxylic acid groups (broad SMARTS) is 1. The Morgan fingerprint density at radius 2 is 2.05 bits per heavy atom. The standard InChI is InChI=1S/C15H13BrN2O3/c16-11-3-1-2-10(8-11)4-7-14(19)18-12-5-6-13(15(20)21)17-9-12/h1-3,5-6,8-9H,4,7H2,(H,18,19)(H,20,21). The summed E-state index contributed by atoms with van der Waals surface area (Å²) in [6.07, 6.45) is 2.31. The van der Waals surface area contributed by atoms with E-state index in [1.54, 1.807) is 0 Å². The second-order valence-electron chi connectivity index (χ2n) is 4.42. The van der Waals surface area contributed by atoms with Gasteiger partial charge in [0.2, 0.25) is 5.91 Å². The minimum Gasteiger partial charge on any atom is -0.477 e. The van der Waals surface area contributed by atoms with Gasteiger partial charge in [-0.3, -0.25) is 4.79 Å². The molecule has 2 aromatic rings. The van der Waals surface area contributed by atoms with E-state index < -0.39 is 5.97 Å². The van der Waals surface area contributed by atoms with Gasteiger partial charge in [0.25, 0.3) is 0 Å². The van der Waals surface area contributed by atoms with Gasteiger partial charge in [-0.15, -0.1) is 0 Å². The van der Waals surface area contributed by atoms with Crippen LogP contribution in [0.5, 0.6) is 0 Å². The number of nitrogens with one attached hydrogen (secondary N) is 1. The zero-order chi connectivity index (χ0) is 15.2. The monoisotopic (exact) mass is 348 g/mol. The number of aromatic carboxylic acids is 1. The Hall–Kier alpha value is -2.21. The molecule has 0 saturated carbocycles. The van der Waals surface area contributed by atoms with Gasteiger partial charge in [-0.05, 0) is 36.2 Å². The third-order valence-corrected chi connectivity index (χ3v) is 3.29. The summed E-state index contributed by atoms with van der Waals surface area (Å²) in [6, 6.07) is 10.7. The molecular weight excluding hydrogens is 336 g/mol. The maximum Gasteiger partial charge on any atom is 0.354 e. The van der Waals surface area contributed by atoms with Gasteiger partial charge in [0.15, 0.2) is 0 Å². The van der Waals surface area contributed by atoms with Crippen molar-refractivity contribution in [3.05, 3.63) is 58.3 Å². The molecule has 0 saturated heterocycles. The van der Waals surface area contributed by atoms with Crippen molar-refractivity contribution in [2.45, 2.75) is 12.8 Å². The molecule has 0 fully saturated rings. The molecule has 0 atom stereocenters. The largest absolute Gasteiger partial charge is 0.477 e. The average molecular weight is 349 g/mol. The lowest BCUT2D eigenvalue weighted by atomic mass is 10.1. The van der Waals surface area contributed by atoms with Crippen molar-refractivity contribution in [1.82, 2.24) is 4.98 Å². The van der Waals surface area contributed by atoms with E-state index >= 15 is 0 Å². The quantitative estimate of drug-likeness (QED) is 0.869. The van der Waals surface area contributed by atoms with Crippen molar-refractivity contribution in [2.24, 2.45) is 0 Å². The fourth-order valence-electron chi connectivity index (χ4n) is 1.77. The topological polar surface area (TPSA) is 79.3 Å². The molecule has 1 aromatic carbocycles. The number of rotatable bonds is 5. The fourth-order valence-corrected chi connectivity index (χ4v) is 2.21. The fraction of sp³-hybridized carbons (Fsp3) is 0.133. The van der Waals surface area contributed by atoms with Crippen molar-refractivity contribution in [2.75, 3.05) is 5.32 Å². The Balaban J connectivity index is 1.88. The first-order valence-corrected chi connectivity index (χ1v) is 7.07. The Morgan fingerprint density at radius 3 is 2.67 bits per heavy atom. The molecule has 5 nitrogen and oxygen atoms in total. The number of pyridine rings is 1. The number of anilines is 1. The number of carbonyl (C=O) groups is 2. The lowest BCUT2D eigenvalue weighted by Crippen LogP contribution is -2.13. The maximum absolute atomic E-state index is 11.8. The molecule has 0 bridgehead atoms. The number of carbonyl (C=O) groups excluding carboxylic acids is 1. The van der Waals surface area contributed by atoms with Crippen LogP contribution >= 0.6 is 15.9 Å². The first-order chi connectivity index (χ1) is 10.0. The average Bonchev–Trinajstić information content (AvgIpc) is 2.46. The summed E-state index contributed by atoms with van der Waals surface area (Å²) >= 11 is 3.38. The molecule has 21 heavy (non-hydrogen) atoms. The molecule has 1 amide bonds. The normalized spacial score (nSPS) is 10.1. The van der Waals surface area contributed by atoms with E-state index in [9.17, 15) is 9.59 Å². The second-order valence-corrected chi connectivity index (χ2v) is 5.33. The predicted molar refractivity (Wildman–Crippen MR) is 82.3 cm³/mol. The zero-order valence-corrected chi connectivity index (χ0v) is 12.6. The minimum absolute atomic E-state index is 0.0536. The van der Waals surface area contributed by atoms with E-state index in [-0.39, 0.29) is 11.6 Å². The maximum atomic E-state index is 11.8. The highest BCUT2D eigenvalue weighted by molar-refractivity contribution is 9.10. The summed E-state index contributed by atoms with van der Waals surface area (Å²) in [6.45, 7) is 0. The van der Waals surface area contributed by atoms with Gasteiger partial charge in [0.1, 0.15) is 5.69 Å². The first-order valence-electron chi connectivity index (χ1n) is 6.28. The van der Waals surface area contributed by atoms with Crippen molar-refractivity contribution >= 4 is 33.5 Å². The molecule has 0 aliphatic rings. The molecule has 2 rings (SSSR count). The van der Waals surface area contributed by atoms with Crippen molar-refractivity contribution in [3.8, 4) is 0 Å². The summed E-state index contributed by atoms with van der Waals surface area (Å²) in [5.74, 6) is -1.23. The number of benzene rings is 1. The molecule has 0 aliphatic carbocycles. The Bertz CT molecular complexity index is 656. The molecule has 6 heteroatoms. The lowest BCUT2D eigenvalue weighted by molar-refractivity contribution is -0.116. The number of aryl methyl sites for hydroxylation is 1. The molecule has 2 N–H and O–H groups in total. The van der Waals surface area contributed by atoms with Gasteiger partial charge in [-0.2, -0.15) is 0 Å². The van der Waals surface area contributed by atoms with Crippen LogP contribution in [0.2, 0.25) is 0 Å². The third kappa shape index (κ3) is 4.68. The number of nitrogens with zero attached hydrogens (tertiary/aromatic N) is 1. The Morgan fingerprint density at radius 1 is 1.24 bits per heavy atom. The van der Waals surface area contributed by atoms with E-state index in [4.69, 9.17) is 5.11 Å². The summed E-state index contributed by atoms with van der Waals surface area (Å²) in [4.78, 5) is 26.2. The van der Waals surface area contributed by atoms with E-state index in [0.717, 1.165) is 10.0 Å². The van der Waals surface area contributed by atoms with Crippen molar-refractivity contribution < 1.29 is 14.7 Å². The van der Waals surface area contributed by atoms with Crippen LogP contribution in [0, 0.1) is 0 Å². The highest BCUT2D eigenvalue weighted by Gasteiger charge is 2.06. The number of hydrogen-bond donors (Lipinski definition) is 2. The van der Waals surface area contributed by atoms with Gasteiger partial charge in [0, 0.05) is 10.9 Å². The van der Waals surface area contributed by atoms with Crippen LogP contribution in [0.25, 0.3) is 0 Å². The number of amides is 1. The van der Waals surface area contributed by atoms with Gasteiger partial charge in [0.05, 0.1) is 11.9 Å². The number of hydrogen-bond acceptors (Lipinski definition) is 3. The van der Waals surface area contributed by atoms with Crippen LogP contribution in [-0.2, 0) is 11.2 Å².